The van der Waals surface area contributed by atoms with Gasteiger partial charge in [0.1, 0.15) is 17.8 Å². The highest BCUT2D eigenvalue weighted by molar-refractivity contribution is 7.18. The molecule has 1 saturated heterocycles. The van der Waals surface area contributed by atoms with Crippen LogP contribution in [0.1, 0.15) is 17.7 Å². The van der Waals surface area contributed by atoms with Crippen LogP contribution >= 0.6 is 11.3 Å². The molecule has 17 heavy (non-hydrogen) atoms. The summed E-state index contributed by atoms with van der Waals surface area (Å²) in [6, 6.07) is 2.57. The van der Waals surface area contributed by atoms with Crippen molar-refractivity contribution >= 4 is 21.6 Å². The average molecular weight is 249 g/mol. The lowest BCUT2D eigenvalue weighted by Gasteiger charge is -2.11. The normalized spacial score (nSPS) is 19.9. The molecule has 2 aromatic rings. The first kappa shape index (κ1) is 10.9. The molecule has 90 valence electrons. The molecule has 0 spiro atoms. The zero-order chi connectivity index (χ0) is 11.7. The zero-order valence-corrected chi connectivity index (χ0v) is 10.6. The summed E-state index contributed by atoms with van der Waals surface area (Å²) in [7, 11) is 0. The number of nitrogens with zero attached hydrogens (tertiary/aromatic N) is 2. The van der Waals surface area contributed by atoms with E-state index in [1.54, 1.807) is 17.7 Å². The summed E-state index contributed by atoms with van der Waals surface area (Å²) in [5.74, 6) is 0.716. The molecule has 3 rings (SSSR count). The molecule has 1 aliphatic rings. The lowest BCUT2D eigenvalue weighted by atomic mass is 10.2. The number of fused-ring (bicyclic) bond motifs is 1. The summed E-state index contributed by atoms with van der Waals surface area (Å²) in [6.45, 7) is 3.88. The monoisotopic (exact) mass is 249 g/mol. The molecule has 1 fully saturated rings. The minimum Gasteiger partial charge on any atom is -0.475 e. The number of hydrogen-bond acceptors (Lipinski definition) is 5. The van der Waals surface area contributed by atoms with Gasteiger partial charge in [-0.25, -0.2) is 9.97 Å². The second kappa shape index (κ2) is 4.58. The summed E-state index contributed by atoms with van der Waals surface area (Å²) in [5.41, 5.74) is 0. The van der Waals surface area contributed by atoms with E-state index in [1.165, 1.54) is 17.7 Å². The van der Waals surface area contributed by atoms with Crippen LogP contribution in [0.5, 0.6) is 5.88 Å². The van der Waals surface area contributed by atoms with Crippen LogP contribution in [-0.2, 0) is 0 Å². The van der Waals surface area contributed by atoms with Crippen LogP contribution in [0.4, 0.5) is 0 Å². The zero-order valence-electron chi connectivity index (χ0n) is 9.77. The van der Waals surface area contributed by atoms with Crippen LogP contribution in [0.3, 0.4) is 0 Å². The van der Waals surface area contributed by atoms with E-state index in [1.807, 2.05) is 0 Å². The Morgan fingerprint density at radius 1 is 1.53 bits per heavy atom. The van der Waals surface area contributed by atoms with Gasteiger partial charge in [0, 0.05) is 10.9 Å². The van der Waals surface area contributed by atoms with Crippen LogP contribution in [0.25, 0.3) is 10.2 Å². The van der Waals surface area contributed by atoms with E-state index >= 15 is 0 Å². The van der Waals surface area contributed by atoms with E-state index in [2.05, 4.69) is 28.3 Å². The Morgan fingerprint density at radius 2 is 2.47 bits per heavy atom. The third kappa shape index (κ3) is 2.25. The van der Waals surface area contributed by atoms with Crippen molar-refractivity contribution in [2.45, 2.75) is 25.8 Å². The fourth-order valence-electron chi connectivity index (χ4n) is 2.15. The maximum atomic E-state index is 5.81. The highest BCUT2D eigenvalue weighted by atomic mass is 32.1. The first-order valence-corrected chi connectivity index (χ1v) is 6.72. The van der Waals surface area contributed by atoms with Crippen molar-refractivity contribution < 1.29 is 4.74 Å². The topological polar surface area (TPSA) is 47.0 Å². The molecule has 1 unspecified atom stereocenters. The van der Waals surface area contributed by atoms with Gasteiger partial charge in [-0.15, -0.1) is 11.3 Å². The highest BCUT2D eigenvalue weighted by Crippen LogP contribution is 2.28. The van der Waals surface area contributed by atoms with Gasteiger partial charge < -0.3 is 10.1 Å². The number of hydrogen-bond donors (Lipinski definition) is 1. The minimum atomic E-state index is 0.472. The Hall–Kier alpha value is -1.20. The SMILES string of the molecule is Cc1cc2c(OCC3CCCN3)ncnc2s1. The summed E-state index contributed by atoms with van der Waals surface area (Å²) in [4.78, 5) is 10.7. The van der Waals surface area contributed by atoms with Crippen molar-refractivity contribution in [2.75, 3.05) is 13.2 Å². The van der Waals surface area contributed by atoms with E-state index in [0.717, 1.165) is 16.8 Å². The molecule has 3 heterocycles. The van der Waals surface area contributed by atoms with Crippen LogP contribution in [0.2, 0.25) is 0 Å². The van der Waals surface area contributed by atoms with Crippen LogP contribution < -0.4 is 10.1 Å². The fourth-order valence-corrected chi connectivity index (χ4v) is 2.99. The fraction of sp³-hybridized carbons (Fsp3) is 0.500. The molecule has 0 saturated carbocycles. The molecule has 0 amide bonds. The maximum Gasteiger partial charge on any atom is 0.225 e. The first-order valence-electron chi connectivity index (χ1n) is 5.90. The van der Waals surface area contributed by atoms with Gasteiger partial charge >= 0.3 is 0 Å². The molecular weight excluding hydrogens is 234 g/mol. The number of thiophene rings is 1. The molecular formula is C12H15N3OS. The van der Waals surface area contributed by atoms with Crippen molar-refractivity contribution in [3.05, 3.63) is 17.3 Å². The number of ether oxygens (including phenoxy) is 1. The van der Waals surface area contributed by atoms with Crippen molar-refractivity contribution in [3.8, 4) is 5.88 Å². The number of aromatic nitrogens is 2. The van der Waals surface area contributed by atoms with Gasteiger partial charge in [0.15, 0.2) is 0 Å². The third-order valence-electron chi connectivity index (χ3n) is 3.00. The average Bonchev–Trinajstić information content (AvgIpc) is 2.93. The van der Waals surface area contributed by atoms with E-state index in [9.17, 15) is 0 Å². The summed E-state index contributed by atoms with van der Waals surface area (Å²) in [5, 5.41) is 4.45. The smallest absolute Gasteiger partial charge is 0.225 e. The van der Waals surface area contributed by atoms with Gasteiger partial charge in [-0.2, -0.15) is 0 Å². The molecule has 0 radical (unpaired) electrons. The highest BCUT2D eigenvalue weighted by Gasteiger charge is 2.16. The van der Waals surface area contributed by atoms with Gasteiger partial charge in [-0.05, 0) is 32.4 Å². The molecule has 5 heteroatoms. The van der Waals surface area contributed by atoms with Crippen LogP contribution in [0, 0.1) is 6.92 Å². The number of nitrogens with one attached hydrogen (secondary N) is 1. The molecule has 1 aliphatic heterocycles. The van der Waals surface area contributed by atoms with Gasteiger partial charge in [-0.1, -0.05) is 0 Å². The Bertz CT molecular complexity index is 519. The van der Waals surface area contributed by atoms with Crippen molar-refractivity contribution in [2.24, 2.45) is 0 Å². The van der Waals surface area contributed by atoms with Gasteiger partial charge in [-0.3, -0.25) is 0 Å². The molecule has 0 bridgehead atoms. The van der Waals surface area contributed by atoms with Gasteiger partial charge in [0.05, 0.1) is 5.39 Å². The van der Waals surface area contributed by atoms with Crippen LogP contribution in [-0.4, -0.2) is 29.2 Å². The Morgan fingerprint density at radius 3 is 3.29 bits per heavy atom. The predicted octanol–water partition coefficient (Wildman–Crippen LogP) is 2.13. The van der Waals surface area contributed by atoms with Crippen LogP contribution in [0.15, 0.2) is 12.4 Å². The molecule has 0 aromatic carbocycles. The third-order valence-corrected chi connectivity index (χ3v) is 3.96. The summed E-state index contributed by atoms with van der Waals surface area (Å²) >= 11 is 1.68. The molecule has 2 aromatic heterocycles. The van der Waals surface area contributed by atoms with E-state index < -0.39 is 0 Å². The second-order valence-corrected chi connectivity index (χ2v) is 5.59. The molecule has 4 nitrogen and oxygen atoms in total. The molecule has 0 aliphatic carbocycles. The van der Waals surface area contributed by atoms with Gasteiger partial charge in [0.25, 0.3) is 0 Å². The Kier molecular flexibility index (Phi) is 2.94. The van der Waals surface area contributed by atoms with E-state index in [4.69, 9.17) is 4.74 Å². The maximum absolute atomic E-state index is 5.81. The van der Waals surface area contributed by atoms with E-state index in [0.29, 0.717) is 18.5 Å². The first-order chi connectivity index (χ1) is 8.33. The van der Waals surface area contributed by atoms with Crippen molar-refractivity contribution in [1.29, 1.82) is 0 Å². The van der Waals surface area contributed by atoms with Crippen molar-refractivity contribution in [1.82, 2.24) is 15.3 Å². The Balaban J connectivity index is 1.79. The molecule has 1 atom stereocenters. The minimum absolute atomic E-state index is 0.472. The second-order valence-electron chi connectivity index (χ2n) is 4.36. The lowest BCUT2D eigenvalue weighted by molar-refractivity contribution is 0.270. The summed E-state index contributed by atoms with van der Waals surface area (Å²) in [6.07, 6.45) is 4.01. The predicted molar refractivity (Wildman–Crippen MR) is 68.7 cm³/mol. The standard InChI is InChI=1S/C12H15N3OS/c1-8-5-10-11(14-7-15-12(10)17-8)16-6-9-3-2-4-13-9/h5,7,9,13H,2-4,6H2,1H3. The van der Waals surface area contributed by atoms with E-state index in [-0.39, 0.29) is 0 Å². The number of aryl methyl sites for hydroxylation is 1. The van der Waals surface area contributed by atoms with Crippen molar-refractivity contribution in [3.63, 3.8) is 0 Å². The number of rotatable bonds is 3. The largest absolute Gasteiger partial charge is 0.475 e. The summed E-state index contributed by atoms with van der Waals surface area (Å²) < 4.78 is 5.81. The molecule has 1 N–H and O–H groups in total. The lowest BCUT2D eigenvalue weighted by Crippen LogP contribution is -2.28. The Labute approximate surface area is 104 Å². The quantitative estimate of drug-likeness (QED) is 0.905. The van der Waals surface area contributed by atoms with Gasteiger partial charge in [0.2, 0.25) is 5.88 Å².